The molecule has 0 radical (unpaired) electrons. The Kier molecular flexibility index (Phi) is 5.02. The highest BCUT2D eigenvalue weighted by Crippen LogP contribution is 2.30. The van der Waals surface area contributed by atoms with Crippen molar-refractivity contribution in [1.82, 2.24) is 9.55 Å². The second-order valence-corrected chi connectivity index (χ2v) is 6.29. The van der Waals surface area contributed by atoms with Crippen LogP contribution in [0.15, 0.2) is 45.0 Å². The molecule has 0 unspecified atom stereocenters. The van der Waals surface area contributed by atoms with Gasteiger partial charge in [-0.3, -0.25) is 19.8 Å². The lowest BCUT2D eigenvalue weighted by Crippen LogP contribution is -2.36. The third-order valence-electron chi connectivity index (χ3n) is 4.55. The van der Waals surface area contributed by atoms with Crippen molar-refractivity contribution in [1.29, 1.82) is 0 Å². The van der Waals surface area contributed by atoms with Crippen molar-refractivity contribution in [2.75, 3.05) is 5.43 Å². The van der Waals surface area contributed by atoms with E-state index in [4.69, 9.17) is 0 Å². The number of aromatic amines is 1. The number of hydrogen-bond donors (Lipinski definition) is 3. The van der Waals surface area contributed by atoms with E-state index in [9.17, 15) is 14.7 Å². The number of hydrazone groups is 1. The fraction of sp³-hybridized carbons (Fsp3) is 0.389. The normalized spacial score (nSPS) is 16.0. The van der Waals surface area contributed by atoms with E-state index in [1.54, 1.807) is 6.92 Å². The highest BCUT2D eigenvalue weighted by molar-refractivity contribution is 6.00. The molecule has 1 fully saturated rings. The molecule has 0 saturated heterocycles. The Bertz CT molecular complexity index is 877. The summed E-state index contributed by atoms with van der Waals surface area (Å²) in [7, 11) is 0. The molecule has 2 aromatic rings. The predicted molar refractivity (Wildman–Crippen MR) is 97.4 cm³/mol. The molecule has 1 aliphatic rings. The molecular weight excluding hydrogens is 320 g/mol. The molecule has 132 valence electrons. The fourth-order valence-electron chi connectivity index (χ4n) is 3.26. The van der Waals surface area contributed by atoms with E-state index in [1.165, 1.54) is 4.57 Å². The SMILES string of the molecule is C/C(=N\Nc1ccccc1)c1c(O)n(C2CCCCC2)c(=O)[nH]c1=O. The maximum Gasteiger partial charge on any atom is 0.331 e. The number of hydrogen-bond acceptors (Lipinski definition) is 5. The average molecular weight is 342 g/mol. The van der Waals surface area contributed by atoms with E-state index >= 15 is 0 Å². The molecule has 3 rings (SSSR count). The molecule has 1 saturated carbocycles. The summed E-state index contributed by atoms with van der Waals surface area (Å²) in [5.41, 5.74) is 2.74. The van der Waals surface area contributed by atoms with Gasteiger partial charge in [-0.05, 0) is 31.9 Å². The molecule has 1 aliphatic carbocycles. The molecule has 25 heavy (non-hydrogen) atoms. The quantitative estimate of drug-likeness (QED) is 0.587. The first kappa shape index (κ1) is 17.0. The summed E-state index contributed by atoms with van der Waals surface area (Å²) in [5, 5.41) is 14.8. The van der Waals surface area contributed by atoms with E-state index < -0.39 is 11.2 Å². The lowest BCUT2D eigenvalue weighted by Gasteiger charge is -2.25. The van der Waals surface area contributed by atoms with Gasteiger partial charge >= 0.3 is 5.69 Å². The summed E-state index contributed by atoms with van der Waals surface area (Å²) in [5.74, 6) is -0.309. The summed E-state index contributed by atoms with van der Waals surface area (Å²) >= 11 is 0. The van der Waals surface area contributed by atoms with Crippen LogP contribution in [0.25, 0.3) is 0 Å². The Morgan fingerprint density at radius 3 is 2.56 bits per heavy atom. The van der Waals surface area contributed by atoms with Gasteiger partial charge in [0.1, 0.15) is 5.56 Å². The van der Waals surface area contributed by atoms with Crippen molar-refractivity contribution in [2.24, 2.45) is 5.10 Å². The van der Waals surface area contributed by atoms with Crippen LogP contribution >= 0.6 is 0 Å². The van der Waals surface area contributed by atoms with E-state index in [-0.39, 0.29) is 17.5 Å². The van der Waals surface area contributed by atoms with Gasteiger partial charge in [-0.15, -0.1) is 0 Å². The van der Waals surface area contributed by atoms with Crippen molar-refractivity contribution in [3.8, 4) is 5.88 Å². The van der Waals surface area contributed by atoms with E-state index in [0.717, 1.165) is 37.8 Å². The topological polar surface area (TPSA) is 99.5 Å². The monoisotopic (exact) mass is 342 g/mol. The second kappa shape index (κ2) is 7.38. The number of benzene rings is 1. The molecule has 3 N–H and O–H groups in total. The molecule has 0 bridgehead atoms. The van der Waals surface area contributed by atoms with Gasteiger partial charge in [-0.25, -0.2) is 4.79 Å². The number of rotatable bonds is 4. The van der Waals surface area contributed by atoms with Crippen molar-refractivity contribution in [3.05, 3.63) is 56.7 Å². The molecule has 1 heterocycles. The zero-order chi connectivity index (χ0) is 17.8. The standard InChI is InChI=1S/C18H22N4O3/c1-12(20-21-13-8-4-2-5-9-13)15-16(23)19-18(25)22(17(15)24)14-10-6-3-7-11-14/h2,4-5,8-9,14,21,24H,3,6-7,10-11H2,1H3,(H,19,23,25)/b20-12+. The lowest BCUT2D eigenvalue weighted by molar-refractivity contribution is 0.298. The summed E-state index contributed by atoms with van der Waals surface area (Å²) in [6.07, 6.45) is 4.78. The third-order valence-corrected chi connectivity index (χ3v) is 4.55. The first-order valence-corrected chi connectivity index (χ1v) is 8.51. The Balaban J connectivity index is 1.97. The van der Waals surface area contributed by atoms with Gasteiger partial charge in [0.15, 0.2) is 0 Å². The Morgan fingerprint density at radius 1 is 1.20 bits per heavy atom. The van der Waals surface area contributed by atoms with E-state index in [0.29, 0.717) is 5.71 Å². The molecule has 7 nitrogen and oxygen atoms in total. The number of nitrogens with zero attached hydrogens (tertiary/aromatic N) is 2. The maximum atomic E-state index is 12.2. The third kappa shape index (κ3) is 3.65. The molecular formula is C18H22N4O3. The van der Waals surface area contributed by atoms with Crippen LogP contribution in [0.2, 0.25) is 0 Å². The summed E-state index contributed by atoms with van der Waals surface area (Å²) in [6.45, 7) is 1.62. The number of aromatic nitrogens is 2. The number of aromatic hydroxyl groups is 1. The van der Waals surface area contributed by atoms with Crippen LogP contribution in [0.1, 0.15) is 50.6 Å². The molecule has 0 amide bonds. The van der Waals surface area contributed by atoms with Crippen LogP contribution in [0.3, 0.4) is 0 Å². The molecule has 0 spiro atoms. The van der Waals surface area contributed by atoms with Crippen LogP contribution < -0.4 is 16.7 Å². The predicted octanol–water partition coefficient (Wildman–Crippen LogP) is 2.58. The molecule has 0 aliphatic heterocycles. The maximum absolute atomic E-state index is 12.2. The van der Waals surface area contributed by atoms with E-state index in [1.807, 2.05) is 30.3 Å². The molecule has 0 atom stereocenters. The van der Waals surface area contributed by atoms with Gasteiger partial charge < -0.3 is 5.11 Å². The van der Waals surface area contributed by atoms with Crippen LogP contribution in [-0.2, 0) is 0 Å². The highest BCUT2D eigenvalue weighted by Gasteiger charge is 2.24. The number of anilines is 1. The summed E-state index contributed by atoms with van der Waals surface area (Å²) in [6, 6.07) is 9.19. The van der Waals surface area contributed by atoms with Gasteiger partial charge in [-0.1, -0.05) is 37.5 Å². The zero-order valence-corrected chi connectivity index (χ0v) is 14.2. The minimum absolute atomic E-state index is 0.0219. The summed E-state index contributed by atoms with van der Waals surface area (Å²) < 4.78 is 1.30. The minimum Gasteiger partial charge on any atom is -0.494 e. The Morgan fingerprint density at radius 2 is 1.88 bits per heavy atom. The van der Waals surface area contributed by atoms with Crippen LogP contribution in [0.5, 0.6) is 5.88 Å². The minimum atomic E-state index is -0.634. The number of H-pyrrole nitrogens is 1. The smallest absolute Gasteiger partial charge is 0.331 e. The second-order valence-electron chi connectivity index (χ2n) is 6.29. The molecule has 1 aromatic heterocycles. The lowest BCUT2D eigenvalue weighted by atomic mass is 9.95. The largest absolute Gasteiger partial charge is 0.494 e. The first-order valence-electron chi connectivity index (χ1n) is 8.51. The first-order chi connectivity index (χ1) is 12.1. The van der Waals surface area contributed by atoms with Crippen molar-refractivity contribution in [2.45, 2.75) is 45.1 Å². The van der Waals surface area contributed by atoms with Gasteiger partial charge in [0.2, 0.25) is 5.88 Å². The number of nitrogens with one attached hydrogen (secondary N) is 2. The van der Waals surface area contributed by atoms with Crippen LogP contribution in [-0.4, -0.2) is 20.4 Å². The van der Waals surface area contributed by atoms with Gasteiger partial charge in [0, 0.05) is 6.04 Å². The molecule has 7 heteroatoms. The van der Waals surface area contributed by atoms with Crippen LogP contribution in [0.4, 0.5) is 5.69 Å². The molecule has 1 aromatic carbocycles. The van der Waals surface area contributed by atoms with Gasteiger partial charge in [-0.2, -0.15) is 5.10 Å². The van der Waals surface area contributed by atoms with Crippen molar-refractivity contribution in [3.63, 3.8) is 0 Å². The Hall–Kier alpha value is -2.83. The average Bonchev–Trinajstić information content (AvgIpc) is 2.61. The van der Waals surface area contributed by atoms with Crippen molar-refractivity contribution >= 4 is 11.4 Å². The van der Waals surface area contributed by atoms with Crippen molar-refractivity contribution < 1.29 is 5.11 Å². The van der Waals surface area contributed by atoms with E-state index in [2.05, 4.69) is 15.5 Å². The number of para-hydroxylation sites is 1. The Labute approximate surface area is 145 Å². The summed E-state index contributed by atoms with van der Waals surface area (Å²) in [4.78, 5) is 26.7. The zero-order valence-electron chi connectivity index (χ0n) is 14.2. The highest BCUT2D eigenvalue weighted by atomic mass is 16.3. The van der Waals surface area contributed by atoms with Gasteiger partial charge in [0.25, 0.3) is 5.56 Å². The van der Waals surface area contributed by atoms with Gasteiger partial charge in [0.05, 0.1) is 11.4 Å². The fourth-order valence-corrected chi connectivity index (χ4v) is 3.26. The van der Waals surface area contributed by atoms with Crippen LogP contribution in [0, 0.1) is 0 Å².